The van der Waals surface area contributed by atoms with Gasteiger partial charge in [-0.15, -0.1) is 0 Å². The van der Waals surface area contributed by atoms with Gasteiger partial charge in [-0.25, -0.2) is 0 Å². The Morgan fingerprint density at radius 2 is 1.90 bits per heavy atom. The van der Waals surface area contributed by atoms with Gasteiger partial charge in [0.2, 0.25) is 5.78 Å². The maximum absolute atomic E-state index is 12.3. The lowest BCUT2D eigenvalue weighted by Crippen LogP contribution is -1.98. The zero-order chi connectivity index (χ0) is 15.0. The van der Waals surface area contributed by atoms with E-state index in [0.29, 0.717) is 5.75 Å². The number of benzene rings is 2. The fraction of sp³-hybridized carbons (Fsp3) is 0.118. The van der Waals surface area contributed by atoms with E-state index in [-0.39, 0.29) is 22.9 Å². The number of aryl methyl sites for hydroxylation is 1. The van der Waals surface area contributed by atoms with E-state index in [9.17, 15) is 9.90 Å². The maximum atomic E-state index is 12.3. The highest BCUT2D eigenvalue weighted by Gasteiger charge is 2.30. The molecular weight excluding hydrogens is 268 g/mol. The van der Waals surface area contributed by atoms with E-state index >= 15 is 0 Å². The van der Waals surface area contributed by atoms with Gasteiger partial charge >= 0.3 is 0 Å². The lowest BCUT2D eigenvalue weighted by molar-refractivity contribution is 0.101. The van der Waals surface area contributed by atoms with E-state index in [2.05, 4.69) is 0 Å². The smallest absolute Gasteiger partial charge is 0.235 e. The van der Waals surface area contributed by atoms with Crippen LogP contribution in [-0.4, -0.2) is 18.0 Å². The van der Waals surface area contributed by atoms with Crippen LogP contribution in [0.25, 0.3) is 6.08 Å². The Labute approximate surface area is 122 Å². The first-order valence-electron chi connectivity index (χ1n) is 6.50. The molecule has 0 amide bonds. The first-order valence-corrected chi connectivity index (χ1v) is 6.50. The average molecular weight is 282 g/mol. The van der Waals surface area contributed by atoms with Crippen LogP contribution in [0.2, 0.25) is 0 Å². The highest BCUT2D eigenvalue weighted by Crippen LogP contribution is 2.38. The van der Waals surface area contributed by atoms with Crippen molar-refractivity contribution in [3.8, 4) is 17.2 Å². The van der Waals surface area contributed by atoms with Gasteiger partial charge in [-0.3, -0.25) is 4.79 Å². The molecule has 3 rings (SSSR count). The molecule has 1 aliphatic rings. The Balaban J connectivity index is 1.96. The maximum Gasteiger partial charge on any atom is 0.235 e. The molecule has 0 radical (unpaired) electrons. The molecule has 0 atom stereocenters. The van der Waals surface area contributed by atoms with Gasteiger partial charge in [-0.05, 0) is 48.4 Å². The standard InChI is InChI=1S/C17H14O4/c1-10-7-13(18)16-14(8-10)21-15(17(16)19)9-11-3-5-12(20-2)6-4-11/h3-9,18H,1-2H3/b15-9-. The third kappa shape index (κ3) is 2.36. The number of fused-ring (bicyclic) bond motifs is 1. The summed E-state index contributed by atoms with van der Waals surface area (Å²) in [7, 11) is 1.60. The number of allylic oxidation sites excluding steroid dienone is 1. The molecule has 0 fully saturated rings. The Morgan fingerprint density at radius 1 is 1.19 bits per heavy atom. The SMILES string of the molecule is COc1ccc(/C=C2\Oc3cc(C)cc(O)c3C2=O)cc1. The molecule has 2 aromatic rings. The average Bonchev–Trinajstić information content (AvgIpc) is 2.76. The van der Waals surface area contributed by atoms with Crippen LogP contribution >= 0.6 is 0 Å². The van der Waals surface area contributed by atoms with Crippen molar-refractivity contribution in [2.75, 3.05) is 7.11 Å². The highest BCUT2D eigenvalue weighted by atomic mass is 16.5. The van der Waals surface area contributed by atoms with Gasteiger partial charge in [0, 0.05) is 0 Å². The summed E-state index contributed by atoms with van der Waals surface area (Å²) in [6, 6.07) is 10.6. The third-order valence-corrected chi connectivity index (χ3v) is 3.31. The molecule has 0 bridgehead atoms. The van der Waals surface area contributed by atoms with Crippen molar-refractivity contribution >= 4 is 11.9 Å². The van der Waals surface area contributed by atoms with Crippen molar-refractivity contribution in [2.45, 2.75) is 6.92 Å². The molecule has 0 saturated carbocycles. The number of methoxy groups -OCH3 is 1. The fourth-order valence-electron chi connectivity index (χ4n) is 2.28. The fourth-order valence-corrected chi connectivity index (χ4v) is 2.28. The second-order valence-electron chi connectivity index (χ2n) is 4.87. The summed E-state index contributed by atoms with van der Waals surface area (Å²) in [5.41, 5.74) is 1.88. The predicted octanol–water partition coefficient (Wildman–Crippen LogP) is 3.33. The van der Waals surface area contributed by atoms with E-state index in [1.807, 2.05) is 19.1 Å². The van der Waals surface area contributed by atoms with Crippen LogP contribution in [-0.2, 0) is 0 Å². The van der Waals surface area contributed by atoms with Gasteiger partial charge in [-0.2, -0.15) is 0 Å². The number of aromatic hydroxyl groups is 1. The molecule has 1 aliphatic heterocycles. The highest BCUT2D eigenvalue weighted by molar-refractivity contribution is 6.16. The number of rotatable bonds is 2. The molecule has 1 heterocycles. The number of ketones is 1. The minimum absolute atomic E-state index is 0.0480. The normalized spacial score (nSPS) is 15.0. The minimum atomic E-state index is -0.307. The van der Waals surface area contributed by atoms with Crippen molar-refractivity contribution in [2.24, 2.45) is 0 Å². The molecule has 106 valence electrons. The summed E-state index contributed by atoms with van der Waals surface area (Å²) in [4.78, 5) is 12.3. The van der Waals surface area contributed by atoms with Crippen LogP contribution < -0.4 is 9.47 Å². The monoisotopic (exact) mass is 282 g/mol. The summed E-state index contributed by atoms with van der Waals surface area (Å²) >= 11 is 0. The van der Waals surface area contributed by atoms with Crippen LogP contribution in [0.4, 0.5) is 0 Å². The topological polar surface area (TPSA) is 55.8 Å². The molecular formula is C17H14O4. The van der Waals surface area contributed by atoms with Crippen LogP contribution in [0, 0.1) is 6.92 Å². The van der Waals surface area contributed by atoms with Gasteiger partial charge in [0.25, 0.3) is 0 Å². The molecule has 0 aromatic heterocycles. The van der Waals surface area contributed by atoms with Crippen molar-refractivity contribution in [1.29, 1.82) is 0 Å². The molecule has 0 saturated heterocycles. The number of hydrogen-bond acceptors (Lipinski definition) is 4. The van der Waals surface area contributed by atoms with Crippen LogP contribution in [0.1, 0.15) is 21.5 Å². The Bertz CT molecular complexity index is 742. The molecule has 21 heavy (non-hydrogen) atoms. The quantitative estimate of drug-likeness (QED) is 0.858. The second kappa shape index (κ2) is 4.98. The molecule has 0 aliphatic carbocycles. The van der Waals surface area contributed by atoms with E-state index in [1.165, 1.54) is 0 Å². The van der Waals surface area contributed by atoms with Gasteiger partial charge in [-0.1, -0.05) is 12.1 Å². The van der Waals surface area contributed by atoms with Crippen molar-refractivity contribution in [3.63, 3.8) is 0 Å². The van der Waals surface area contributed by atoms with Gasteiger partial charge in [0.05, 0.1) is 7.11 Å². The molecule has 4 heteroatoms. The summed E-state index contributed by atoms with van der Waals surface area (Å²) in [5.74, 6) is 0.993. The number of Topliss-reactive ketones (excluding diaryl/α,β-unsaturated/α-hetero) is 1. The lowest BCUT2D eigenvalue weighted by Gasteiger charge is -2.01. The Kier molecular flexibility index (Phi) is 3.14. The Morgan fingerprint density at radius 3 is 2.57 bits per heavy atom. The minimum Gasteiger partial charge on any atom is -0.507 e. The third-order valence-electron chi connectivity index (χ3n) is 3.31. The first-order chi connectivity index (χ1) is 10.1. The molecule has 2 aromatic carbocycles. The molecule has 1 N–H and O–H groups in total. The lowest BCUT2D eigenvalue weighted by atomic mass is 10.1. The largest absolute Gasteiger partial charge is 0.507 e. The molecule has 4 nitrogen and oxygen atoms in total. The summed E-state index contributed by atoms with van der Waals surface area (Å²) in [6.45, 7) is 1.83. The van der Waals surface area contributed by atoms with Crippen molar-refractivity contribution in [3.05, 3.63) is 58.8 Å². The second-order valence-corrected chi connectivity index (χ2v) is 4.87. The summed E-state index contributed by atoms with van der Waals surface area (Å²) in [6.07, 6.45) is 1.65. The zero-order valence-electron chi connectivity index (χ0n) is 11.7. The van der Waals surface area contributed by atoms with Crippen molar-refractivity contribution < 1.29 is 19.4 Å². The number of hydrogen-bond donors (Lipinski definition) is 1. The first kappa shape index (κ1) is 13.2. The number of ether oxygens (including phenoxy) is 2. The zero-order valence-corrected chi connectivity index (χ0v) is 11.7. The number of phenols is 1. The van der Waals surface area contributed by atoms with E-state index < -0.39 is 0 Å². The number of carbonyl (C=O) groups excluding carboxylic acids is 1. The van der Waals surface area contributed by atoms with E-state index in [0.717, 1.165) is 16.9 Å². The van der Waals surface area contributed by atoms with Crippen molar-refractivity contribution in [1.82, 2.24) is 0 Å². The van der Waals surface area contributed by atoms with E-state index in [4.69, 9.17) is 9.47 Å². The predicted molar refractivity (Wildman–Crippen MR) is 78.8 cm³/mol. The van der Waals surface area contributed by atoms with Gasteiger partial charge in [0.1, 0.15) is 22.8 Å². The summed E-state index contributed by atoms with van der Waals surface area (Å²) in [5, 5.41) is 9.89. The number of carbonyl (C=O) groups is 1. The van der Waals surface area contributed by atoms with Crippen LogP contribution in [0.5, 0.6) is 17.2 Å². The number of phenolic OH excluding ortho intramolecular Hbond substituents is 1. The summed E-state index contributed by atoms with van der Waals surface area (Å²) < 4.78 is 10.6. The molecule has 0 unspecified atom stereocenters. The van der Waals surface area contributed by atoms with Gasteiger partial charge in [0.15, 0.2) is 5.76 Å². The van der Waals surface area contributed by atoms with Gasteiger partial charge < -0.3 is 14.6 Å². The van der Waals surface area contributed by atoms with E-state index in [1.54, 1.807) is 37.5 Å². The Hall–Kier alpha value is -2.75. The van der Waals surface area contributed by atoms with Crippen LogP contribution in [0.3, 0.4) is 0 Å². The molecule has 0 spiro atoms. The van der Waals surface area contributed by atoms with Crippen LogP contribution in [0.15, 0.2) is 42.2 Å².